The molecule has 0 aliphatic carbocycles. The molecule has 1 fully saturated rings. The van der Waals surface area contributed by atoms with Crippen LogP contribution in [0.15, 0.2) is 0 Å². The van der Waals surface area contributed by atoms with E-state index in [1.165, 1.54) is 0 Å². The highest BCUT2D eigenvalue weighted by atomic mass is 32.2. The highest BCUT2D eigenvalue weighted by Gasteiger charge is 2.33. The second-order valence-corrected chi connectivity index (χ2v) is 5.19. The number of ether oxygens (including phenoxy) is 1. The van der Waals surface area contributed by atoms with Crippen LogP contribution in [0, 0.1) is 0 Å². The number of hydrogen-bond donors (Lipinski definition) is 1. The summed E-state index contributed by atoms with van der Waals surface area (Å²) in [5, 5.41) is 0. The molecule has 72 valence electrons. The molecular formula is C7H15NO3S. The van der Waals surface area contributed by atoms with Crippen molar-refractivity contribution in [3.05, 3.63) is 0 Å². The van der Waals surface area contributed by atoms with Crippen LogP contribution >= 0.6 is 0 Å². The summed E-state index contributed by atoms with van der Waals surface area (Å²) in [4.78, 5) is 0. The zero-order valence-corrected chi connectivity index (χ0v) is 8.01. The van der Waals surface area contributed by atoms with E-state index in [4.69, 9.17) is 10.5 Å². The highest BCUT2D eigenvalue weighted by Crippen LogP contribution is 2.25. The van der Waals surface area contributed by atoms with E-state index < -0.39 is 15.3 Å². The van der Waals surface area contributed by atoms with E-state index in [1.54, 1.807) is 0 Å². The Balaban J connectivity index is 2.58. The Hall–Kier alpha value is -0.130. The Labute approximate surface area is 73.0 Å². The van der Waals surface area contributed by atoms with E-state index in [0.717, 1.165) is 12.8 Å². The lowest BCUT2D eigenvalue weighted by Gasteiger charge is -2.11. The van der Waals surface area contributed by atoms with Crippen molar-refractivity contribution in [3.8, 4) is 0 Å². The molecule has 0 radical (unpaired) electrons. The number of nitrogens with two attached hydrogens (primary N) is 1. The summed E-state index contributed by atoms with van der Waals surface area (Å²) in [5.41, 5.74) is 4.46. The first-order valence-electron chi connectivity index (χ1n) is 4.17. The first kappa shape index (κ1) is 9.95. The molecule has 2 N–H and O–H groups in total. The van der Waals surface area contributed by atoms with Gasteiger partial charge >= 0.3 is 0 Å². The maximum atomic E-state index is 11.2. The minimum Gasteiger partial charge on any atom is -0.359 e. The van der Waals surface area contributed by atoms with Crippen molar-refractivity contribution in [3.63, 3.8) is 0 Å². The van der Waals surface area contributed by atoms with Crippen molar-refractivity contribution in [2.24, 2.45) is 5.73 Å². The Morgan fingerprint density at radius 2 is 2.17 bits per heavy atom. The second-order valence-electron chi connectivity index (χ2n) is 3.00. The molecular weight excluding hydrogens is 178 g/mol. The molecule has 2 atom stereocenters. The van der Waals surface area contributed by atoms with E-state index in [1.807, 2.05) is 6.92 Å². The lowest BCUT2D eigenvalue weighted by Crippen LogP contribution is -2.28. The Morgan fingerprint density at radius 3 is 2.58 bits per heavy atom. The van der Waals surface area contributed by atoms with Gasteiger partial charge in [-0.25, -0.2) is 8.42 Å². The normalized spacial score (nSPS) is 30.8. The van der Waals surface area contributed by atoms with Gasteiger partial charge in [0.05, 0.1) is 12.0 Å². The molecule has 1 aliphatic rings. The van der Waals surface area contributed by atoms with Crippen LogP contribution < -0.4 is 5.73 Å². The van der Waals surface area contributed by atoms with Gasteiger partial charge in [0.2, 0.25) is 0 Å². The van der Waals surface area contributed by atoms with Gasteiger partial charge in [-0.2, -0.15) is 0 Å². The van der Waals surface area contributed by atoms with Crippen LogP contribution in [0.2, 0.25) is 0 Å². The molecule has 1 rings (SSSR count). The molecule has 0 spiro atoms. The van der Waals surface area contributed by atoms with Gasteiger partial charge in [0, 0.05) is 0 Å². The fourth-order valence-electron chi connectivity index (χ4n) is 1.34. The summed E-state index contributed by atoms with van der Waals surface area (Å²) in [6.07, 6.45) is 2.41. The fourth-order valence-corrected chi connectivity index (χ4v) is 2.38. The van der Waals surface area contributed by atoms with Gasteiger partial charge in [0.15, 0.2) is 15.3 Å². The lowest BCUT2D eigenvalue weighted by molar-refractivity contribution is 0.0844. The molecule has 0 aromatic rings. The average molecular weight is 193 g/mol. The molecule has 1 aliphatic heterocycles. The third-order valence-electron chi connectivity index (χ3n) is 2.16. The number of sulfone groups is 1. The van der Waals surface area contributed by atoms with Crippen molar-refractivity contribution in [2.75, 3.05) is 5.88 Å². The zero-order chi connectivity index (χ0) is 9.19. The predicted octanol–water partition coefficient (Wildman–Crippen LogP) is 0.233. The third-order valence-corrected chi connectivity index (χ3v) is 3.77. The second kappa shape index (κ2) is 3.72. The number of hydrogen-bond acceptors (Lipinski definition) is 4. The van der Waals surface area contributed by atoms with E-state index in [-0.39, 0.29) is 12.0 Å². The molecule has 0 amide bonds. The predicted molar refractivity (Wildman–Crippen MR) is 46.2 cm³/mol. The molecule has 0 bridgehead atoms. The quantitative estimate of drug-likeness (QED) is 0.696. The van der Waals surface area contributed by atoms with Crippen molar-refractivity contribution in [1.82, 2.24) is 0 Å². The lowest BCUT2D eigenvalue weighted by atomic mass is 10.2. The van der Waals surface area contributed by atoms with Crippen molar-refractivity contribution in [2.45, 2.75) is 37.7 Å². The summed E-state index contributed by atoms with van der Waals surface area (Å²) in [6, 6.07) is 0. The van der Waals surface area contributed by atoms with Gasteiger partial charge in [-0.15, -0.1) is 0 Å². The smallest absolute Gasteiger partial charge is 0.189 e. The summed E-state index contributed by atoms with van der Waals surface area (Å²) >= 11 is 0. The summed E-state index contributed by atoms with van der Waals surface area (Å²) in [6.45, 7) is 1.99. The Bertz CT molecular complexity index is 237. The molecule has 0 aromatic carbocycles. The van der Waals surface area contributed by atoms with Gasteiger partial charge in [-0.3, -0.25) is 0 Å². The minimum atomic E-state index is -3.19. The molecule has 12 heavy (non-hydrogen) atoms. The van der Waals surface area contributed by atoms with E-state index in [9.17, 15) is 8.42 Å². The topological polar surface area (TPSA) is 69.4 Å². The van der Waals surface area contributed by atoms with Crippen LogP contribution in [0.25, 0.3) is 0 Å². The largest absolute Gasteiger partial charge is 0.359 e. The van der Waals surface area contributed by atoms with Crippen LogP contribution in [-0.2, 0) is 14.6 Å². The van der Waals surface area contributed by atoms with Gasteiger partial charge < -0.3 is 10.5 Å². The molecule has 1 saturated heterocycles. The van der Waals surface area contributed by atoms with Crippen LogP contribution in [0.1, 0.15) is 26.2 Å². The first-order chi connectivity index (χ1) is 5.60. The van der Waals surface area contributed by atoms with Gasteiger partial charge in [0.25, 0.3) is 0 Å². The van der Waals surface area contributed by atoms with Crippen LogP contribution in [0.5, 0.6) is 0 Å². The molecule has 0 saturated carbocycles. The monoisotopic (exact) mass is 193 g/mol. The van der Waals surface area contributed by atoms with Crippen LogP contribution in [0.4, 0.5) is 0 Å². The molecule has 0 aromatic heterocycles. The summed E-state index contributed by atoms with van der Waals surface area (Å²) < 4.78 is 27.7. The van der Waals surface area contributed by atoms with Gasteiger partial charge in [-0.1, -0.05) is 6.92 Å². The van der Waals surface area contributed by atoms with E-state index in [2.05, 4.69) is 0 Å². The standard InChI is InChI=1S/C7H15NO3S/c1-2-6-3-4-7(11-6)12(9,10)5-8/h6-7H,2-5,8H2,1H3. The molecule has 1 heterocycles. The van der Waals surface area contributed by atoms with Crippen molar-refractivity contribution in [1.29, 1.82) is 0 Å². The SMILES string of the molecule is CCC1CCC(S(=O)(=O)CN)O1. The maximum absolute atomic E-state index is 11.2. The average Bonchev–Trinajstić information content (AvgIpc) is 2.52. The molecule has 2 unspecified atom stereocenters. The molecule has 4 nitrogen and oxygen atoms in total. The maximum Gasteiger partial charge on any atom is 0.189 e. The fraction of sp³-hybridized carbons (Fsp3) is 1.00. The van der Waals surface area contributed by atoms with Crippen molar-refractivity contribution >= 4 is 9.84 Å². The van der Waals surface area contributed by atoms with E-state index in [0.29, 0.717) is 6.42 Å². The summed E-state index contributed by atoms with van der Waals surface area (Å²) in [5.74, 6) is -0.311. The summed E-state index contributed by atoms with van der Waals surface area (Å²) in [7, 11) is -3.19. The molecule has 5 heteroatoms. The van der Waals surface area contributed by atoms with Crippen LogP contribution in [-0.4, -0.2) is 25.8 Å². The van der Waals surface area contributed by atoms with Gasteiger partial charge in [-0.05, 0) is 19.3 Å². The van der Waals surface area contributed by atoms with Crippen LogP contribution in [0.3, 0.4) is 0 Å². The van der Waals surface area contributed by atoms with Gasteiger partial charge in [0.1, 0.15) is 0 Å². The van der Waals surface area contributed by atoms with Crippen molar-refractivity contribution < 1.29 is 13.2 Å². The van der Waals surface area contributed by atoms with E-state index >= 15 is 0 Å². The Kier molecular flexibility index (Phi) is 3.09. The third kappa shape index (κ3) is 1.97. The highest BCUT2D eigenvalue weighted by molar-refractivity contribution is 7.91. The minimum absolute atomic E-state index is 0.108. The number of rotatable bonds is 3. The Morgan fingerprint density at radius 1 is 1.50 bits per heavy atom. The zero-order valence-electron chi connectivity index (χ0n) is 7.19. The first-order valence-corrected chi connectivity index (χ1v) is 5.88.